The summed E-state index contributed by atoms with van der Waals surface area (Å²) in [6.07, 6.45) is -3.85. The molecule has 3 nitrogen and oxygen atoms in total. The lowest BCUT2D eigenvalue weighted by Gasteiger charge is -2.13. The van der Waals surface area contributed by atoms with Gasteiger partial charge in [0.15, 0.2) is 0 Å². The zero-order chi connectivity index (χ0) is 21.6. The minimum Gasteiger partial charge on any atom is -0.253 e. The Morgan fingerprint density at radius 3 is 1.77 bits per heavy atom. The predicted octanol–water partition coefficient (Wildman–Crippen LogP) is 7.99. The number of fused-ring (bicyclic) bond motifs is 1. The molecule has 0 spiro atoms. The number of halogens is 7. The van der Waals surface area contributed by atoms with Gasteiger partial charge < -0.3 is 0 Å². The van der Waals surface area contributed by atoms with Crippen LogP contribution in [0.3, 0.4) is 0 Å². The van der Waals surface area contributed by atoms with Gasteiger partial charge in [-0.3, -0.25) is 4.98 Å². The maximum Gasteiger partial charge on any atom is 0.417 e. The monoisotopic (exact) mass is 487 g/mol. The van der Waals surface area contributed by atoms with Crippen LogP contribution in [0.15, 0.2) is 48.7 Å². The van der Waals surface area contributed by atoms with Crippen molar-refractivity contribution in [2.75, 3.05) is 0 Å². The highest BCUT2D eigenvalue weighted by Crippen LogP contribution is 2.39. The number of nitrogens with zero attached hydrogens (tertiary/aromatic N) is 3. The van der Waals surface area contributed by atoms with Crippen molar-refractivity contribution in [1.82, 2.24) is 15.2 Å². The molecule has 0 aliphatic heterocycles. The van der Waals surface area contributed by atoms with E-state index in [0.29, 0.717) is 21.2 Å². The van der Waals surface area contributed by atoms with E-state index in [1.54, 1.807) is 24.3 Å². The third kappa shape index (κ3) is 3.93. The Bertz CT molecular complexity index is 1290. The van der Waals surface area contributed by atoms with Gasteiger partial charge in [-0.1, -0.05) is 46.4 Å². The van der Waals surface area contributed by atoms with Crippen molar-refractivity contribution in [3.63, 3.8) is 0 Å². The maximum absolute atomic E-state index is 13.4. The average Bonchev–Trinajstić information content (AvgIpc) is 2.67. The Morgan fingerprint density at radius 1 is 0.700 bits per heavy atom. The molecular weight excluding hydrogens is 481 g/mol. The van der Waals surface area contributed by atoms with E-state index in [9.17, 15) is 13.2 Å². The van der Waals surface area contributed by atoms with Crippen LogP contribution in [0.25, 0.3) is 33.4 Å². The van der Waals surface area contributed by atoms with Crippen LogP contribution >= 0.6 is 46.4 Å². The molecule has 0 saturated carbocycles. The van der Waals surface area contributed by atoms with Crippen molar-refractivity contribution in [1.29, 1.82) is 0 Å². The summed E-state index contributed by atoms with van der Waals surface area (Å²) in [6.45, 7) is 0. The highest BCUT2D eigenvalue weighted by Gasteiger charge is 2.32. The standard InChI is InChI=1S/C20H8Cl4F3N3/c21-10-1-3-12(15(23)6-10)17-14-5-9(20(25,26)27)8-28-18(14)19(30-29-17)13-4-2-11(22)7-16(13)24/h1-8H. The molecule has 4 aromatic rings. The normalized spacial score (nSPS) is 11.8. The molecule has 0 aliphatic carbocycles. The van der Waals surface area contributed by atoms with Gasteiger partial charge in [0.05, 0.1) is 15.6 Å². The molecule has 152 valence electrons. The van der Waals surface area contributed by atoms with Crippen LogP contribution in [-0.2, 0) is 6.18 Å². The van der Waals surface area contributed by atoms with Gasteiger partial charge in [0.2, 0.25) is 0 Å². The van der Waals surface area contributed by atoms with Gasteiger partial charge in [0, 0.05) is 32.8 Å². The summed E-state index contributed by atoms with van der Waals surface area (Å²) in [5.41, 5.74) is 0.409. The maximum atomic E-state index is 13.4. The lowest BCUT2D eigenvalue weighted by molar-refractivity contribution is -0.137. The van der Waals surface area contributed by atoms with Gasteiger partial charge in [-0.25, -0.2) is 0 Å². The van der Waals surface area contributed by atoms with Crippen molar-refractivity contribution < 1.29 is 13.2 Å². The predicted molar refractivity (Wildman–Crippen MR) is 113 cm³/mol. The van der Waals surface area contributed by atoms with E-state index < -0.39 is 11.7 Å². The Hall–Kier alpha value is -2.12. The van der Waals surface area contributed by atoms with Crippen molar-refractivity contribution in [3.05, 3.63) is 74.3 Å². The molecule has 0 aliphatic rings. The highest BCUT2D eigenvalue weighted by atomic mass is 35.5. The molecule has 0 amide bonds. The quantitative estimate of drug-likeness (QED) is 0.287. The van der Waals surface area contributed by atoms with E-state index in [1.807, 2.05) is 0 Å². The number of alkyl halides is 3. The van der Waals surface area contributed by atoms with E-state index in [1.165, 1.54) is 12.1 Å². The summed E-state index contributed by atoms with van der Waals surface area (Å²) in [5.74, 6) is 0. The number of hydrogen-bond donors (Lipinski definition) is 0. The summed E-state index contributed by atoms with van der Waals surface area (Å²) >= 11 is 24.4. The molecule has 2 aromatic heterocycles. The Morgan fingerprint density at radius 2 is 1.23 bits per heavy atom. The number of benzene rings is 2. The van der Waals surface area contributed by atoms with Gasteiger partial charge >= 0.3 is 6.18 Å². The SMILES string of the molecule is FC(F)(F)c1cnc2c(-c3ccc(Cl)cc3Cl)nnc(-c3ccc(Cl)cc3Cl)c2c1. The summed E-state index contributed by atoms with van der Waals surface area (Å²) in [4.78, 5) is 4.04. The van der Waals surface area contributed by atoms with Crippen molar-refractivity contribution in [2.24, 2.45) is 0 Å². The first kappa shape index (κ1) is 21.1. The molecule has 0 radical (unpaired) electrons. The Kier molecular flexibility index (Phi) is 5.53. The lowest BCUT2D eigenvalue weighted by atomic mass is 10.0. The largest absolute Gasteiger partial charge is 0.417 e. The van der Waals surface area contributed by atoms with Crippen molar-refractivity contribution in [3.8, 4) is 22.5 Å². The first-order valence-electron chi connectivity index (χ1n) is 8.29. The van der Waals surface area contributed by atoms with Crippen LogP contribution in [0.5, 0.6) is 0 Å². The molecule has 2 aromatic carbocycles. The smallest absolute Gasteiger partial charge is 0.253 e. The second-order valence-corrected chi connectivity index (χ2v) is 7.95. The highest BCUT2D eigenvalue weighted by molar-refractivity contribution is 6.37. The van der Waals surface area contributed by atoms with Gasteiger partial charge in [-0.2, -0.15) is 13.2 Å². The second kappa shape index (κ2) is 7.85. The minimum absolute atomic E-state index is 0.116. The van der Waals surface area contributed by atoms with Crippen LogP contribution in [0.1, 0.15) is 5.56 Å². The fourth-order valence-electron chi connectivity index (χ4n) is 2.93. The number of pyridine rings is 1. The fraction of sp³-hybridized carbons (Fsp3) is 0.0500. The fourth-order valence-corrected chi connectivity index (χ4v) is 3.93. The molecule has 0 unspecified atom stereocenters. The van der Waals surface area contributed by atoms with Gasteiger partial charge in [-0.05, 0) is 42.5 Å². The van der Waals surface area contributed by atoms with E-state index in [2.05, 4.69) is 15.2 Å². The number of aromatic nitrogens is 3. The van der Waals surface area contributed by atoms with E-state index in [0.717, 1.165) is 12.3 Å². The van der Waals surface area contributed by atoms with Crippen LogP contribution in [-0.4, -0.2) is 15.2 Å². The molecule has 30 heavy (non-hydrogen) atoms. The summed E-state index contributed by atoms with van der Waals surface area (Å²) in [6, 6.07) is 10.2. The minimum atomic E-state index is -4.59. The second-order valence-electron chi connectivity index (χ2n) is 6.26. The zero-order valence-electron chi connectivity index (χ0n) is 14.6. The molecule has 10 heteroatoms. The zero-order valence-corrected chi connectivity index (χ0v) is 17.6. The van der Waals surface area contributed by atoms with E-state index in [-0.39, 0.29) is 32.3 Å². The molecule has 0 atom stereocenters. The van der Waals surface area contributed by atoms with E-state index >= 15 is 0 Å². The first-order valence-corrected chi connectivity index (χ1v) is 9.81. The molecule has 0 fully saturated rings. The number of rotatable bonds is 2. The third-order valence-electron chi connectivity index (χ3n) is 4.32. The molecule has 2 heterocycles. The summed E-state index contributed by atoms with van der Waals surface area (Å²) < 4.78 is 40.1. The molecule has 0 bridgehead atoms. The van der Waals surface area contributed by atoms with Crippen LogP contribution in [0, 0.1) is 0 Å². The van der Waals surface area contributed by atoms with Gasteiger partial charge in [0.1, 0.15) is 16.9 Å². The molecule has 0 saturated heterocycles. The third-order valence-corrected chi connectivity index (χ3v) is 5.41. The molecule has 0 N–H and O–H groups in total. The summed E-state index contributed by atoms with van der Waals surface area (Å²) in [7, 11) is 0. The van der Waals surface area contributed by atoms with E-state index in [4.69, 9.17) is 46.4 Å². The summed E-state index contributed by atoms with van der Waals surface area (Å²) in [5, 5.41) is 9.71. The van der Waals surface area contributed by atoms with Gasteiger partial charge in [-0.15, -0.1) is 10.2 Å². The van der Waals surface area contributed by atoms with Crippen molar-refractivity contribution >= 4 is 57.3 Å². The van der Waals surface area contributed by atoms with Crippen molar-refractivity contribution in [2.45, 2.75) is 6.18 Å². The molecular formula is C20H8Cl4F3N3. The van der Waals surface area contributed by atoms with Crippen LogP contribution < -0.4 is 0 Å². The Balaban J connectivity index is 2.06. The Labute approximate surface area is 188 Å². The average molecular weight is 489 g/mol. The van der Waals surface area contributed by atoms with Crippen LogP contribution in [0.4, 0.5) is 13.2 Å². The first-order chi connectivity index (χ1) is 14.1. The topological polar surface area (TPSA) is 38.7 Å². The molecule has 4 rings (SSSR count). The lowest BCUT2D eigenvalue weighted by Crippen LogP contribution is -2.07. The number of hydrogen-bond acceptors (Lipinski definition) is 3. The van der Waals surface area contributed by atoms with Gasteiger partial charge in [0.25, 0.3) is 0 Å². The van der Waals surface area contributed by atoms with Crippen LogP contribution in [0.2, 0.25) is 20.1 Å².